The summed E-state index contributed by atoms with van der Waals surface area (Å²) in [5.41, 5.74) is 6.35. The van der Waals surface area contributed by atoms with Crippen molar-refractivity contribution < 1.29 is 9.59 Å². The second-order valence-corrected chi connectivity index (χ2v) is 9.74. The first-order chi connectivity index (χ1) is 16.4. The summed E-state index contributed by atoms with van der Waals surface area (Å²) in [5, 5.41) is 0.930. The van der Waals surface area contributed by atoms with E-state index in [4.69, 9.17) is 0 Å². The van der Waals surface area contributed by atoms with Crippen LogP contribution >= 0.6 is 0 Å². The van der Waals surface area contributed by atoms with Crippen molar-refractivity contribution >= 4 is 46.3 Å². The van der Waals surface area contributed by atoms with Crippen LogP contribution in [-0.4, -0.2) is 46.5 Å². The molecule has 1 aliphatic carbocycles. The average Bonchev–Trinajstić information content (AvgIpc) is 3.42. The van der Waals surface area contributed by atoms with Gasteiger partial charge in [0.2, 0.25) is 0 Å². The van der Waals surface area contributed by atoms with Gasteiger partial charge in [0.25, 0.3) is 11.8 Å². The van der Waals surface area contributed by atoms with Gasteiger partial charge in [-0.15, -0.1) is 0 Å². The number of aryl methyl sites for hydroxylation is 1. The van der Waals surface area contributed by atoms with Crippen molar-refractivity contribution in [1.82, 2.24) is 14.0 Å². The van der Waals surface area contributed by atoms with Crippen molar-refractivity contribution in [3.8, 4) is 0 Å². The molecule has 0 spiro atoms. The molecule has 2 aromatic heterocycles. The zero-order valence-corrected chi connectivity index (χ0v) is 19.8. The zero-order valence-electron chi connectivity index (χ0n) is 19.8. The molecule has 0 fully saturated rings. The number of fused-ring (bicyclic) bond motifs is 4. The molecule has 6 heteroatoms. The fourth-order valence-electron chi connectivity index (χ4n) is 5.73. The lowest BCUT2D eigenvalue weighted by Crippen LogP contribution is -2.32. The molecule has 0 N–H and O–H groups in total. The summed E-state index contributed by atoms with van der Waals surface area (Å²) >= 11 is 0. The number of aromatic nitrogens is 2. The maximum Gasteiger partial charge on any atom is 0.266 e. The van der Waals surface area contributed by atoms with Crippen molar-refractivity contribution in [3.05, 3.63) is 71.2 Å². The van der Waals surface area contributed by atoms with Crippen LogP contribution in [0.2, 0.25) is 0 Å². The van der Waals surface area contributed by atoms with Crippen molar-refractivity contribution in [1.29, 1.82) is 0 Å². The quantitative estimate of drug-likeness (QED) is 0.560. The number of rotatable bonds is 4. The van der Waals surface area contributed by atoms with Gasteiger partial charge in [0.05, 0.1) is 16.8 Å². The van der Waals surface area contributed by atoms with E-state index in [-0.39, 0.29) is 11.8 Å². The lowest BCUT2D eigenvalue weighted by Gasteiger charge is -2.24. The molecule has 6 nitrogen and oxygen atoms in total. The molecule has 172 valence electrons. The number of para-hydroxylation sites is 1. The van der Waals surface area contributed by atoms with Crippen molar-refractivity contribution in [2.24, 2.45) is 13.0 Å². The highest BCUT2D eigenvalue weighted by Crippen LogP contribution is 2.42. The summed E-state index contributed by atoms with van der Waals surface area (Å²) in [4.78, 5) is 30.8. The van der Waals surface area contributed by atoms with Crippen molar-refractivity contribution in [2.45, 2.75) is 19.3 Å². The Morgan fingerprint density at radius 2 is 1.94 bits per heavy atom. The molecule has 6 rings (SSSR count). The lowest BCUT2D eigenvalue weighted by molar-refractivity contribution is -0.119. The van der Waals surface area contributed by atoms with Gasteiger partial charge in [0, 0.05) is 60.0 Å². The molecule has 0 radical (unpaired) electrons. The van der Waals surface area contributed by atoms with E-state index in [2.05, 4.69) is 58.6 Å². The van der Waals surface area contributed by atoms with E-state index in [1.807, 2.05) is 31.4 Å². The summed E-state index contributed by atoms with van der Waals surface area (Å²) < 4.78 is 4.23. The third kappa shape index (κ3) is 3.06. The minimum atomic E-state index is -0.268. The fraction of sp³-hybridized carbons (Fsp3) is 0.286. The van der Waals surface area contributed by atoms with Gasteiger partial charge in [-0.1, -0.05) is 36.4 Å². The first kappa shape index (κ1) is 20.9. The molecule has 2 amide bonds. The topological polar surface area (TPSA) is 50.5 Å². The average molecular weight is 453 g/mol. The maximum atomic E-state index is 13.9. The highest BCUT2D eigenvalue weighted by atomic mass is 16.2. The highest BCUT2D eigenvalue weighted by molar-refractivity contribution is 6.45. The first-order valence-corrected chi connectivity index (χ1v) is 11.8. The van der Waals surface area contributed by atoms with Gasteiger partial charge in [0.1, 0.15) is 0 Å². The fourth-order valence-corrected chi connectivity index (χ4v) is 5.73. The van der Waals surface area contributed by atoms with Crippen LogP contribution in [0.5, 0.6) is 0 Å². The van der Waals surface area contributed by atoms with Crippen LogP contribution in [0.3, 0.4) is 0 Å². The molecule has 3 aromatic rings. The minimum Gasteiger partial charge on any atom is -0.353 e. The van der Waals surface area contributed by atoms with E-state index in [9.17, 15) is 9.59 Å². The molecule has 34 heavy (non-hydrogen) atoms. The second kappa shape index (κ2) is 7.71. The lowest BCUT2D eigenvalue weighted by atomic mass is 9.97. The third-order valence-electron chi connectivity index (χ3n) is 7.16. The first-order valence-electron chi connectivity index (χ1n) is 11.8. The molecular formula is C28H28N4O2. The number of amides is 2. The molecule has 4 heterocycles. The largest absolute Gasteiger partial charge is 0.353 e. The summed E-state index contributed by atoms with van der Waals surface area (Å²) in [7, 11) is 6.14. The Labute approximate surface area is 199 Å². The van der Waals surface area contributed by atoms with Crippen LogP contribution in [0, 0.1) is 5.92 Å². The summed E-state index contributed by atoms with van der Waals surface area (Å²) in [6.45, 7) is 0.908. The number of anilines is 1. The van der Waals surface area contributed by atoms with E-state index in [0.29, 0.717) is 11.5 Å². The highest BCUT2D eigenvalue weighted by Gasteiger charge is 2.39. The van der Waals surface area contributed by atoms with E-state index in [0.717, 1.165) is 59.2 Å². The van der Waals surface area contributed by atoms with Crippen LogP contribution in [0.15, 0.2) is 48.7 Å². The monoisotopic (exact) mass is 452 g/mol. The molecule has 0 saturated heterocycles. The number of hydrogen-bond donors (Lipinski definition) is 0. The van der Waals surface area contributed by atoms with Gasteiger partial charge in [-0.05, 0) is 45.3 Å². The predicted molar refractivity (Wildman–Crippen MR) is 136 cm³/mol. The molecule has 0 bridgehead atoms. The molecule has 1 aromatic carbocycles. The minimum absolute atomic E-state index is 0.241. The van der Waals surface area contributed by atoms with Crippen molar-refractivity contribution in [2.75, 3.05) is 25.5 Å². The standard InChI is InChI=1S/C28H28N4O2/c1-29(2)16-18-12-13-31-24-11-7-5-9-20(24)27(25(31)14-18)32-26(33)15-21(28(32)34)22-17-30(3)23-10-6-4-8-19(22)23/h4-5,7-9,11-13,15,17-18H,6,10,14,16H2,1-3H3. The molecule has 1 unspecified atom stereocenters. The normalized spacial score (nSPS) is 19.4. The molecule has 1 atom stereocenters. The number of benzene rings is 1. The van der Waals surface area contributed by atoms with Crippen LogP contribution in [0.25, 0.3) is 28.8 Å². The summed E-state index contributed by atoms with van der Waals surface area (Å²) in [6, 6.07) is 8.03. The number of nitrogens with zero attached hydrogens (tertiary/aromatic N) is 4. The van der Waals surface area contributed by atoms with Gasteiger partial charge in [-0.2, -0.15) is 0 Å². The van der Waals surface area contributed by atoms with Crippen LogP contribution in [0.1, 0.15) is 28.9 Å². The molecule has 0 saturated carbocycles. The number of carbonyl (C=O) groups is 2. The number of carbonyl (C=O) groups excluding carboxylic acids is 2. The maximum absolute atomic E-state index is 13.9. The number of allylic oxidation sites excluding steroid dienone is 1. The van der Waals surface area contributed by atoms with Crippen LogP contribution < -0.4 is 4.90 Å². The smallest absolute Gasteiger partial charge is 0.266 e. The Morgan fingerprint density at radius 3 is 2.76 bits per heavy atom. The van der Waals surface area contributed by atoms with Crippen LogP contribution in [-0.2, 0) is 29.5 Å². The van der Waals surface area contributed by atoms with Crippen molar-refractivity contribution in [3.63, 3.8) is 0 Å². The van der Waals surface area contributed by atoms with Gasteiger partial charge in [-0.25, -0.2) is 4.90 Å². The van der Waals surface area contributed by atoms with Crippen LogP contribution in [0.4, 0.5) is 5.69 Å². The zero-order chi connectivity index (χ0) is 23.6. The van der Waals surface area contributed by atoms with E-state index < -0.39 is 0 Å². The Bertz CT molecular complexity index is 1450. The van der Waals surface area contributed by atoms with E-state index >= 15 is 0 Å². The van der Waals surface area contributed by atoms with E-state index in [1.54, 1.807) is 0 Å². The Hall–Kier alpha value is -3.64. The van der Waals surface area contributed by atoms with Gasteiger partial charge in [-0.3, -0.25) is 9.59 Å². The summed E-state index contributed by atoms with van der Waals surface area (Å²) in [6.07, 6.45) is 14.8. The Kier molecular flexibility index (Phi) is 4.74. The Balaban J connectivity index is 1.46. The Morgan fingerprint density at radius 1 is 1.12 bits per heavy atom. The summed E-state index contributed by atoms with van der Waals surface area (Å²) in [5.74, 6) is -0.192. The van der Waals surface area contributed by atoms with Gasteiger partial charge < -0.3 is 14.0 Å². The number of imide groups is 1. The SMILES string of the molecule is CN(C)CC1C=Cn2c(c(N3C(=O)C=C(c4cn(C)c5c4C=CCC5)C3=O)c3ccccc32)C1. The third-order valence-corrected chi connectivity index (χ3v) is 7.16. The predicted octanol–water partition coefficient (Wildman–Crippen LogP) is 4.10. The van der Waals surface area contributed by atoms with E-state index in [1.165, 1.54) is 16.7 Å². The van der Waals surface area contributed by atoms with Gasteiger partial charge in [0.15, 0.2) is 0 Å². The van der Waals surface area contributed by atoms with Gasteiger partial charge >= 0.3 is 0 Å². The molecular weight excluding hydrogens is 424 g/mol. The second-order valence-electron chi connectivity index (χ2n) is 9.74. The molecule has 3 aliphatic rings. The molecule has 2 aliphatic heterocycles. The number of hydrogen-bond acceptors (Lipinski definition) is 3.